The first kappa shape index (κ1) is 19.5. The molecular formula is C20H25N3O3S2. The predicted molar refractivity (Wildman–Crippen MR) is 108 cm³/mol. The minimum Gasteiger partial charge on any atom is -0.335 e. The topological polar surface area (TPSA) is 70.6 Å². The van der Waals surface area contributed by atoms with Crippen LogP contribution in [-0.2, 0) is 21.4 Å². The van der Waals surface area contributed by atoms with Crippen LogP contribution in [0.4, 0.5) is 0 Å². The highest BCUT2D eigenvalue weighted by atomic mass is 32.2. The van der Waals surface area contributed by atoms with Gasteiger partial charge in [-0.1, -0.05) is 6.07 Å². The Morgan fingerprint density at radius 3 is 2.75 bits per heavy atom. The van der Waals surface area contributed by atoms with Crippen molar-refractivity contribution in [2.24, 2.45) is 5.92 Å². The van der Waals surface area contributed by atoms with Gasteiger partial charge in [0.25, 0.3) is 10.0 Å². The molecule has 150 valence electrons. The van der Waals surface area contributed by atoms with E-state index in [4.69, 9.17) is 0 Å². The monoisotopic (exact) mass is 419 g/mol. The number of hydrogen-bond donors (Lipinski definition) is 0. The molecule has 2 aliphatic rings. The van der Waals surface area contributed by atoms with Crippen molar-refractivity contribution in [1.29, 1.82) is 0 Å². The molecule has 4 rings (SSSR count). The van der Waals surface area contributed by atoms with Gasteiger partial charge in [0.15, 0.2) is 0 Å². The summed E-state index contributed by atoms with van der Waals surface area (Å²) < 4.78 is 27.8. The summed E-state index contributed by atoms with van der Waals surface area (Å²) in [6.07, 6.45) is 7.02. The molecule has 1 atom stereocenters. The lowest BCUT2D eigenvalue weighted by atomic mass is 9.97. The van der Waals surface area contributed by atoms with Crippen LogP contribution < -0.4 is 0 Å². The van der Waals surface area contributed by atoms with Crippen LogP contribution in [0, 0.1) is 12.8 Å². The third-order valence-corrected chi connectivity index (χ3v) is 8.72. The summed E-state index contributed by atoms with van der Waals surface area (Å²) in [4.78, 5) is 20.3. The summed E-state index contributed by atoms with van der Waals surface area (Å²) in [5, 5.41) is 0. The molecule has 0 bridgehead atoms. The number of carbonyl (C=O) groups is 1. The van der Waals surface area contributed by atoms with Crippen LogP contribution in [0.5, 0.6) is 0 Å². The minimum absolute atomic E-state index is 0.0774. The molecule has 0 aromatic carbocycles. The van der Waals surface area contributed by atoms with E-state index in [1.165, 1.54) is 15.6 Å². The number of piperidine rings is 1. The summed E-state index contributed by atoms with van der Waals surface area (Å²) in [6, 6.07) is 7.63. The van der Waals surface area contributed by atoms with Gasteiger partial charge in [-0.15, -0.1) is 11.3 Å². The Morgan fingerprint density at radius 2 is 2.11 bits per heavy atom. The van der Waals surface area contributed by atoms with Gasteiger partial charge < -0.3 is 4.90 Å². The van der Waals surface area contributed by atoms with E-state index in [9.17, 15) is 13.2 Å². The summed E-state index contributed by atoms with van der Waals surface area (Å²) in [7, 11) is -3.53. The molecule has 1 unspecified atom stereocenters. The normalized spacial score (nSPS) is 20.8. The number of carbonyl (C=O) groups excluding carboxylic acids is 1. The Labute approximate surface area is 170 Å². The number of pyridine rings is 1. The highest BCUT2D eigenvalue weighted by molar-refractivity contribution is 7.91. The van der Waals surface area contributed by atoms with Gasteiger partial charge in [-0.3, -0.25) is 9.78 Å². The van der Waals surface area contributed by atoms with Crippen molar-refractivity contribution in [3.8, 4) is 0 Å². The molecule has 1 saturated carbocycles. The fourth-order valence-electron chi connectivity index (χ4n) is 3.74. The molecule has 2 aromatic rings. The first-order valence-corrected chi connectivity index (χ1v) is 12.0. The molecule has 1 aliphatic heterocycles. The van der Waals surface area contributed by atoms with Gasteiger partial charge in [0.1, 0.15) is 4.21 Å². The number of sulfonamides is 1. The SMILES string of the molecule is Cc1ccc(S(=O)(=O)N2CCCC(C(=O)N(Cc3cccnc3)C3CC3)C2)s1. The van der Waals surface area contributed by atoms with Gasteiger partial charge in [-0.05, 0) is 56.4 Å². The summed E-state index contributed by atoms with van der Waals surface area (Å²) in [5.74, 6) is -0.199. The molecule has 0 radical (unpaired) electrons. The van der Waals surface area contributed by atoms with Gasteiger partial charge in [0.05, 0.1) is 5.92 Å². The van der Waals surface area contributed by atoms with Crippen molar-refractivity contribution >= 4 is 27.3 Å². The average molecular weight is 420 g/mol. The fraction of sp³-hybridized carbons (Fsp3) is 0.500. The molecule has 28 heavy (non-hydrogen) atoms. The van der Waals surface area contributed by atoms with Gasteiger partial charge in [0.2, 0.25) is 5.91 Å². The Morgan fingerprint density at radius 1 is 1.29 bits per heavy atom. The van der Waals surface area contributed by atoms with Crippen molar-refractivity contribution in [2.75, 3.05) is 13.1 Å². The second-order valence-electron chi connectivity index (χ2n) is 7.63. The van der Waals surface area contributed by atoms with Crippen LogP contribution in [-0.4, -0.2) is 47.6 Å². The molecular weight excluding hydrogens is 394 g/mol. The number of nitrogens with zero attached hydrogens (tertiary/aromatic N) is 3. The zero-order valence-electron chi connectivity index (χ0n) is 16.0. The smallest absolute Gasteiger partial charge is 0.252 e. The lowest BCUT2D eigenvalue weighted by Crippen LogP contribution is -2.47. The van der Waals surface area contributed by atoms with Gasteiger partial charge in [-0.2, -0.15) is 4.31 Å². The number of rotatable bonds is 6. The Kier molecular flexibility index (Phi) is 5.53. The maximum Gasteiger partial charge on any atom is 0.252 e. The number of thiophene rings is 1. The highest BCUT2D eigenvalue weighted by Gasteiger charge is 2.39. The molecule has 8 heteroatoms. The Balaban J connectivity index is 1.49. The van der Waals surface area contributed by atoms with Crippen LogP contribution in [0.25, 0.3) is 0 Å². The number of aromatic nitrogens is 1. The standard InChI is InChI=1S/C20H25N3O3S2/c1-15-6-9-19(27-15)28(25,26)22-11-3-5-17(14-22)20(24)23(18-7-8-18)13-16-4-2-10-21-12-16/h2,4,6,9-10,12,17-18H,3,5,7-8,11,13-14H2,1H3. The lowest BCUT2D eigenvalue weighted by molar-refractivity contribution is -0.138. The largest absolute Gasteiger partial charge is 0.335 e. The van der Waals surface area contributed by atoms with Crippen LogP contribution in [0.1, 0.15) is 36.1 Å². The van der Waals surface area contributed by atoms with Gasteiger partial charge in [-0.25, -0.2) is 8.42 Å². The van der Waals surface area contributed by atoms with E-state index >= 15 is 0 Å². The molecule has 2 fully saturated rings. The van der Waals surface area contributed by atoms with Crippen molar-refractivity contribution in [1.82, 2.24) is 14.2 Å². The maximum absolute atomic E-state index is 13.3. The van der Waals surface area contributed by atoms with Crippen LogP contribution in [0.15, 0.2) is 40.9 Å². The number of aryl methyl sites for hydroxylation is 1. The third-order valence-electron chi connectivity index (χ3n) is 5.39. The quantitative estimate of drug-likeness (QED) is 0.722. The zero-order valence-corrected chi connectivity index (χ0v) is 17.6. The maximum atomic E-state index is 13.3. The highest BCUT2D eigenvalue weighted by Crippen LogP contribution is 2.33. The first-order valence-electron chi connectivity index (χ1n) is 9.71. The molecule has 6 nitrogen and oxygen atoms in total. The van der Waals surface area contributed by atoms with E-state index in [2.05, 4.69) is 4.98 Å². The fourth-order valence-corrected chi connectivity index (χ4v) is 6.70. The van der Waals surface area contributed by atoms with Crippen molar-refractivity contribution in [2.45, 2.75) is 49.4 Å². The molecule has 3 heterocycles. The molecule has 2 aromatic heterocycles. The minimum atomic E-state index is -3.53. The number of hydrogen-bond acceptors (Lipinski definition) is 5. The summed E-state index contributed by atoms with van der Waals surface area (Å²) in [5.41, 5.74) is 1.01. The summed E-state index contributed by atoms with van der Waals surface area (Å²) >= 11 is 1.29. The van der Waals surface area contributed by atoms with E-state index in [-0.39, 0.29) is 24.4 Å². The first-order chi connectivity index (χ1) is 13.4. The average Bonchev–Trinajstić information content (AvgIpc) is 3.46. The van der Waals surface area contributed by atoms with Gasteiger partial charge in [0, 0.05) is 42.9 Å². The molecule has 0 spiro atoms. The van der Waals surface area contributed by atoms with E-state index in [1.54, 1.807) is 18.5 Å². The molecule has 0 N–H and O–H groups in total. The van der Waals surface area contributed by atoms with Crippen molar-refractivity contribution in [3.05, 3.63) is 47.1 Å². The van der Waals surface area contributed by atoms with Crippen LogP contribution in [0.3, 0.4) is 0 Å². The molecule has 1 aliphatic carbocycles. The van der Waals surface area contributed by atoms with Crippen molar-refractivity contribution < 1.29 is 13.2 Å². The Bertz CT molecular complexity index is 939. The van der Waals surface area contributed by atoms with E-state index in [0.29, 0.717) is 23.7 Å². The van der Waals surface area contributed by atoms with E-state index in [1.807, 2.05) is 30.0 Å². The van der Waals surface area contributed by atoms with Crippen LogP contribution >= 0.6 is 11.3 Å². The third kappa shape index (κ3) is 4.14. The Hall–Kier alpha value is -1.77. The van der Waals surface area contributed by atoms with Gasteiger partial charge >= 0.3 is 0 Å². The van der Waals surface area contributed by atoms with Crippen molar-refractivity contribution in [3.63, 3.8) is 0 Å². The van der Waals surface area contributed by atoms with Crippen LogP contribution in [0.2, 0.25) is 0 Å². The van der Waals surface area contributed by atoms with E-state index in [0.717, 1.165) is 29.7 Å². The molecule has 1 amide bonds. The predicted octanol–water partition coefficient (Wildman–Crippen LogP) is 3.04. The number of amides is 1. The van der Waals surface area contributed by atoms with E-state index < -0.39 is 10.0 Å². The second-order valence-corrected chi connectivity index (χ2v) is 11.1. The molecule has 1 saturated heterocycles. The lowest BCUT2D eigenvalue weighted by Gasteiger charge is -2.34. The second kappa shape index (κ2) is 7.93. The zero-order chi connectivity index (χ0) is 19.7. The summed E-state index contributed by atoms with van der Waals surface area (Å²) in [6.45, 7) is 3.20.